The third-order valence-electron chi connectivity index (χ3n) is 1.75. The predicted molar refractivity (Wildman–Crippen MR) is 69.7 cm³/mol. The lowest BCUT2D eigenvalue weighted by Gasteiger charge is -1.97. The molecule has 90 valence electrons. The SMILES string of the molecule is Br.Br.O=C(O)CCc1cccc([N+](=O)[O-])c1. The van der Waals surface area contributed by atoms with Crippen molar-refractivity contribution in [2.75, 3.05) is 0 Å². The third kappa shape index (κ3) is 5.82. The number of benzene rings is 1. The minimum absolute atomic E-state index is 0. The van der Waals surface area contributed by atoms with Crippen LogP contribution in [-0.2, 0) is 11.2 Å². The van der Waals surface area contributed by atoms with Crippen LogP contribution in [0, 0.1) is 10.1 Å². The summed E-state index contributed by atoms with van der Waals surface area (Å²) in [5.74, 6) is -0.906. The van der Waals surface area contributed by atoms with E-state index in [1.807, 2.05) is 0 Å². The molecule has 0 aromatic heterocycles. The van der Waals surface area contributed by atoms with E-state index >= 15 is 0 Å². The van der Waals surface area contributed by atoms with Crippen molar-refractivity contribution in [2.24, 2.45) is 0 Å². The molecule has 0 saturated carbocycles. The van der Waals surface area contributed by atoms with Crippen LogP contribution in [0.4, 0.5) is 5.69 Å². The van der Waals surface area contributed by atoms with Gasteiger partial charge in [0.05, 0.1) is 4.92 Å². The molecule has 0 heterocycles. The second-order valence-electron chi connectivity index (χ2n) is 2.82. The average molecular weight is 357 g/mol. The number of hydrogen-bond donors (Lipinski definition) is 1. The zero-order chi connectivity index (χ0) is 10.6. The summed E-state index contributed by atoms with van der Waals surface area (Å²) >= 11 is 0. The molecule has 7 heteroatoms. The molecule has 0 fully saturated rings. The molecule has 5 nitrogen and oxygen atoms in total. The van der Waals surface area contributed by atoms with E-state index in [-0.39, 0.29) is 46.1 Å². The largest absolute Gasteiger partial charge is 0.481 e. The zero-order valence-corrected chi connectivity index (χ0v) is 11.6. The Bertz CT molecular complexity index is 370. The Morgan fingerprint density at radius 2 is 2.00 bits per heavy atom. The van der Waals surface area contributed by atoms with Crippen molar-refractivity contribution in [1.82, 2.24) is 0 Å². The van der Waals surface area contributed by atoms with E-state index in [2.05, 4.69) is 0 Å². The average Bonchev–Trinajstić information content (AvgIpc) is 2.15. The summed E-state index contributed by atoms with van der Waals surface area (Å²) in [6.07, 6.45) is 0.304. The van der Waals surface area contributed by atoms with Gasteiger partial charge in [-0.15, -0.1) is 34.0 Å². The normalized spacial score (nSPS) is 8.50. The van der Waals surface area contributed by atoms with Crippen LogP contribution in [0.15, 0.2) is 24.3 Å². The minimum Gasteiger partial charge on any atom is -0.481 e. The lowest BCUT2D eigenvalue weighted by Crippen LogP contribution is -1.98. The van der Waals surface area contributed by atoms with E-state index in [1.54, 1.807) is 12.1 Å². The summed E-state index contributed by atoms with van der Waals surface area (Å²) in [6, 6.07) is 6.00. The second-order valence-corrected chi connectivity index (χ2v) is 2.82. The van der Waals surface area contributed by atoms with Gasteiger partial charge in [0.25, 0.3) is 5.69 Å². The first-order chi connectivity index (χ1) is 6.59. The molecule has 1 N–H and O–H groups in total. The number of halogens is 2. The molecular formula is C9H11Br2NO4. The molecule has 0 saturated heterocycles. The van der Waals surface area contributed by atoms with Crippen molar-refractivity contribution in [3.8, 4) is 0 Å². The number of hydrogen-bond acceptors (Lipinski definition) is 3. The summed E-state index contributed by atoms with van der Waals surface area (Å²) in [5.41, 5.74) is 0.662. The van der Waals surface area contributed by atoms with Crippen molar-refractivity contribution >= 4 is 45.6 Å². The van der Waals surface area contributed by atoms with Gasteiger partial charge in [0.15, 0.2) is 0 Å². The van der Waals surface area contributed by atoms with Crippen LogP contribution >= 0.6 is 34.0 Å². The first kappa shape index (κ1) is 17.4. The number of carboxylic acid groups (broad SMARTS) is 1. The van der Waals surface area contributed by atoms with Crippen LogP contribution in [0.2, 0.25) is 0 Å². The molecule has 0 aliphatic carbocycles. The smallest absolute Gasteiger partial charge is 0.303 e. The topological polar surface area (TPSA) is 80.4 Å². The number of carbonyl (C=O) groups is 1. The predicted octanol–water partition coefficient (Wildman–Crippen LogP) is 2.77. The van der Waals surface area contributed by atoms with Gasteiger partial charge in [-0.05, 0) is 12.0 Å². The van der Waals surface area contributed by atoms with Gasteiger partial charge in [-0.25, -0.2) is 0 Å². The zero-order valence-electron chi connectivity index (χ0n) is 8.16. The Hall–Kier alpha value is -0.950. The molecule has 1 rings (SSSR count). The molecular weight excluding hydrogens is 346 g/mol. The molecule has 0 bridgehead atoms. The highest BCUT2D eigenvalue weighted by molar-refractivity contribution is 8.93. The molecule has 16 heavy (non-hydrogen) atoms. The fraction of sp³-hybridized carbons (Fsp3) is 0.222. The fourth-order valence-corrected chi connectivity index (χ4v) is 1.08. The molecule has 0 radical (unpaired) electrons. The number of nitro groups is 1. The Labute approximate surface area is 113 Å². The van der Waals surface area contributed by atoms with Gasteiger partial charge >= 0.3 is 5.97 Å². The number of rotatable bonds is 4. The third-order valence-corrected chi connectivity index (χ3v) is 1.75. The van der Waals surface area contributed by atoms with Crippen LogP contribution < -0.4 is 0 Å². The first-order valence-electron chi connectivity index (χ1n) is 4.04. The molecule has 0 unspecified atom stereocenters. The molecule has 0 spiro atoms. The summed E-state index contributed by atoms with van der Waals surface area (Å²) in [5, 5.41) is 18.8. The maximum absolute atomic E-state index is 10.4. The highest BCUT2D eigenvalue weighted by Gasteiger charge is 2.06. The molecule has 1 aromatic rings. The van der Waals surface area contributed by atoms with E-state index in [0.717, 1.165) is 0 Å². The lowest BCUT2D eigenvalue weighted by molar-refractivity contribution is -0.384. The number of aryl methyl sites for hydroxylation is 1. The van der Waals surface area contributed by atoms with E-state index in [0.29, 0.717) is 12.0 Å². The van der Waals surface area contributed by atoms with Crippen LogP contribution in [0.3, 0.4) is 0 Å². The molecule has 0 aliphatic heterocycles. The van der Waals surface area contributed by atoms with Gasteiger partial charge < -0.3 is 5.11 Å². The summed E-state index contributed by atoms with van der Waals surface area (Å²) in [4.78, 5) is 20.1. The van der Waals surface area contributed by atoms with Crippen LogP contribution in [-0.4, -0.2) is 16.0 Å². The first-order valence-corrected chi connectivity index (χ1v) is 4.04. The molecule has 0 amide bonds. The Balaban J connectivity index is 0. The fourth-order valence-electron chi connectivity index (χ4n) is 1.08. The Morgan fingerprint density at radius 1 is 1.38 bits per heavy atom. The maximum Gasteiger partial charge on any atom is 0.303 e. The standard InChI is InChI=1S/C9H9NO4.2BrH/c11-9(12)5-4-7-2-1-3-8(6-7)10(13)14;;/h1-3,6H,4-5H2,(H,11,12);2*1H. The van der Waals surface area contributed by atoms with Crippen LogP contribution in [0.5, 0.6) is 0 Å². The summed E-state index contributed by atoms with van der Waals surface area (Å²) in [7, 11) is 0. The second kappa shape index (κ2) is 8.23. The number of non-ortho nitro benzene ring substituents is 1. The van der Waals surface area contributed by atoms with Crippen LogP contribution in [0.25, 0.3) is 0 Å². The maximum atomic E-state index is 10.4. The van der Waals surface area contributed by atoms with E-state index < -0.39 is 10.9 Å². The van der Waals surface area contributed by atoms with E-state index in [4.69, 9.17) is 5.11 Å². The van der Waals surface area contributed by atoms with E-state index in [9.17, 15) is 14.9 Å². The number of nitro benzene ring substituents is 1. The number of aliphatic carboxylic acids is 1. The van der Waals surface area contributed by atoms with Crippen molar-refractivity contribution in [3.05, 3.63) is 39.9 Å². The van der Waals surface area contributed by atoms with Crippen molar-refractivity contribution < 1.29 is 14.8 Å². The molecule has 0 atom stereocenters. The minimum atomic E-state index is -0.906. The number of nitrogens with zero attached hydrogens (tertiary/aromatic N) is 1. The van der Waals surface area contributed by atoms with Gasteiger partial charge in [-0.1, -0.05) is 12.1 Å². The van der Waals surface area contributed by atoms with Gasteiger partial charge in [-0.3, -0.25) is 14.9 Å². The summed E-state index contributed by atoms with van der Waals surface area (Å²) in [6.45, 7) is 0. The molecule has 1 aromatic carbocycles. The van der Waals surface area contributed by atoms with Gasteiger partial charge in [0, 0.05) is 18.6 Å². The Morgan fingerprint density at radius 3 is 2.50 bits per heavy atom. The summed E-state index contributed by atoms with van der Waals surface area (Å²) < 4.78 is 0. The highest BCUT2D eigenvalue weighted by Crippen LogP contribution is 2.14. The van der Waals surface area contributed by atoms with Crippen molar-refractivity contribution in [2.45, 2.75) is 12.8 Å². The molecule has 0 aliphatic rings. The van der Waals surface area contributed by atoms with Crippen molar-refractivity contribution in [3.63, 3.8) is 0 Å². The van der Waals surface area contributed by atoms with Gasteiger partial charge in [0.2, 0.25) is 0 Å². The van der Waals surface area contributed by atoms with Gasteiger partial charge in [-0.2, -0.15) is 0 Å². The van der Waals surface area contributed by atoms with Gasteiger partial charge in [0.1, 0.15) is 0 Å². The highest BCUT2D eigenvalue weighted by atomic mass is 79.9. The van der Waals surface area contributed by atoms with E-state index in [1.165, 1.54) is 12.1 Å². The number of carboxylic acids is 1. The van der Waals surface area contributed by atoms with Crippen molar-refractivity contribution in [1.29, 1.82) is 0 Å². The Kier molecular flexibility index (Phi) is 8.97. The monoisotopic (exact) mass is 355 g/mol. The lowest BCUT2D eigenvalue weighted by atomic mass is 10.1. The van der Waals surface area contributed by atoms with Crippen LogP contribution in [0.1, 0.15) is 12.0 Å². The quantitative estimate of drug-likeness (QED) is 0.664.